The standard InChI is InChI=1S/C4H5NO2/c1-4(2-6)5-3-7/h2-3H,1H2,(H,5,7). The van der Waals surface area contributed by atoms with Gasteiger partial charge in [0.2, 0.25) is 6.41 Å². The van der Waals surface area contributed by atoms with Crippen molar-refractivity contribution in [1.82, 2.24) is 5.32 Å². The maximum Gasteiger partial charge on any atom is 0.211 e. The summed E-state index contributed by atoms with van der Waals surface area (Å²) in [6, 6.07) is 0. The molecule has 0 saturated carbocycles. The smallest absolute Gasteiger partial charge is 0.211 e. The molecule has 0 saturated heterocycles. The van der Waals surface area contributed by atoms with E-state index in [4.69, 9.17) is 0 Å². The van der Waals surface area contributed by atoms with Gasteiger partial charge in [-0.3, -0.25) is 9.59 Å². The first kappa shape index (κ1) is 5.88. The summed E-state index contributed by atoms with van der Waals surface area (Å²) in [5.41, 5.74) is 0.0787. The molecular weight excluding hydrogens is 94.0 g/mol. The van der Waals surface area contributed by atoms with Crippen molar-refractivity contribution >= 4 is 12.7 Å². The second-order valence-electron chi connectivity index (χ2n) is 0.905. The molecule has 0 radical (unpaired) electrons. The first-order valence-corrected chi connectivity index (χ1v) is 1.65. The highest BCUT2D eigenvalue weighted by atomic mass is 16.1. The molecule has 0 rings (SSSR count). The average Bonchev–Trinajstić information content (AvgIpc) is 1.68. The Hall–Kier alpha value is -1.12. The number of hydrogen-bond donors (Lipinski definition) is 1. The Morgan fingerprint density at radius 2 is 2.14 bits per heavy atom. The predicted octanol–water partition coefficient (Wildman–Crippen LogP) is -0.555. The minimum atomic E-state index is 0.0787. The van der Waals surface area contributed by atoms with E-state index in [2.05, 4.69) is 11.9 Å². The van der Waals surface area contributed by atoms with E-state index >= 15 is 0 Å². The van der Waals surface area contributed by atoms with E-state index in [1.54, 1.807) is 0 Å². The molecule has 3 heteroatoms. The van der Waals surface area contributed by atoms with Crippen molar-refractivity contribution in [3.8, 4) is 0 Å². The van der Waals surface area contributed by atoms with E-state index < -0.39 is 0 Å². The average molecular weight is 99.1 g/mol. The Morgan fingerprint density at radius 1 is 1.57 bits per heavy atom. The lowest BCUT2D eigenvalue weighted by atomic mass is 10.6. The van der Waals surface area contributed by atoms with Crippen molar-refractivity contribution in [3.05, 3.63) is 12.3 Å². The molecule has 0 atom stereocenters. The van der Waals surface area contributed by atoms with Gasteiger partial charge in [0.15, 0.2) is 6.29 Å². The van der Waals surface area contributed by atoms with E-state index in [0.29, 0.717) is 12.7 Å². The number of carbonyl (C=O) groups is 2. The number of hydrogen-bond acceptors (Lipinski definition) is 2. The highest BCUT2D eigenvalue weighted by molar-refractivity contribution is 5.75. The Balaban J connectivity index is 3.36. The van der Waals surface area contributed by atoms with Crippen molar-refractivity contribution in [2.45, 2.75) is 0 Å². The zero-order chi connectivity index (χ0) is 5.70. The summed E-state index contributed by atoms with van der Waals surface area (Å²) in [7, 11) is 0. The molecule has 3 nitrogen and oxygen atoms in total. The molecule has 0 bridgehead atoms. The van der Waals surface area contributed by atoms with Crippen LogP contribution in [0.2, 0.25) is 0 Å². The molecule has 1 amide bonds. The molecule has 0 aromatic carbocycles. The summed E-state index contributed by atoms with van der Waals surface area (Å²) in [4.78, 5) is 19.0. The van der Waals surface area contributed by atoms with Crippen LogP contribution in [0, 0.1) is 0 Å². The molecular formula is C4H5NO2. The highest BCUT2D eigenvalue weighted by Crippen LogP contribution is 1.66. The Labute approximate surface area is 41.0 Å². The quantitative estimate of drug-likeness (QED) is 0.381. The molecule has 1 N–H and O–H groups in total. The van der Waals surface area contributed by atoms with Crippen LogP contribution in [0.25, 0.3) is 0 Å². The lowest BCUT2D eigenvalue weighted by molar-refractivity contribution is -0.111. The molecule has 0 aliphatic rings. The maximum absolute atomic E-state index is 9.57. The molecule has 0 spiro atoms. The third-order valence-electron chi connectivity index (χ3n) is 0.387. The largest absolute Gasteiger partial charge is 0.326 e. The summed E-state index contributed by atoms with van der Waals surface area (Å²) in [5.74, 6) is 0. The number of nitrogens with one attached hydrogen (secondary N) is 1. The van der Waals surface area contributed by atoms with Crippen molar-refractivity contribution in [2.24, 2.45) is 0 Å². The van der Waals surface area contributed by atoms with Gasteiger partial charge in [0, 0.05) is 0 Å². The molecule has 0 heterocycles. The fourth-order valence-electron chi connectivity index (χ4n) is 0.110. The second-order valence-corrected chi connectivity index (χ2v) is 0.905. The van der Waals surface area contributed by atoms with Gasteiger partial charge in [-0.2, -0.15) is 0 Å². The van der Waals surface area contributed by atoms with Crippen molar-refractivity contribution in [2.75, 3.05) is 0 Å². The van der Waals surface area contributed by atoms with Gasteiger partial charge in [0.1, 0.15) is 0 Å². The molecule has 38 valence electrons. The van der Waals surface area contributed by atoms with Crippen LogP contribution < -0.4 is 5.32 Å². The van der Waals surface area contributed by atoms with Gasteiger partial charge in [-0.15, -0.1) is 0 Å². The third-order valence-corrected chi connectivity index (χ3v) is 0.387. The number of amides is 1. The predicted molar refractivity (Wildman–Crippen MR) is 24.4 cm³/mol. The van der Waals surface area contributed by atoms with Crippen LogP contribution in [0.4, 0.5) is 0 Å². The number of rotatable bonds is 3. The molecule has 7 heavy (non-hydrogen) atoms. The first-order valence-electron chi connectivity index (χ1n) is 1.65. The SMILES string of the molecule is C=C(C=O)NC=O. The van der Waals surface area contributed by atoms with Gasteiger partial charge >= 0.3 is 0 Å². The molecule has 0 aromatic rings. The van der Waals surface area contributed by atoms with Gasteiger partial charge in [0.25, 0.3) is 0 Å². The fraction of sp³-hybridized carbons (Fsp3) is 0. The second kappa shape index (κ2) is 3.08. The van der Waals surface area contributed by atoms with Crippen LogP contribution in [-0.4, -0.2) is 12.7 Å². The minimum Gasteiger partial charge on any atom is -0.326 e. The Kier molecular flexibility index (Phi) is 2.59. The highest BCUT2D eigenvalue weighted by Gasteiger charge is 1.79. The topological polar surface area (TPSA) is 46.2 Å². The summed E-state index contributed by atoms with van der Waals surface area (Å²) in [5, 5.41) is 2.05. The summed E-state index contributed by atoms with van der Waals surface area (Å²) < 4.78 is 0. The van der Waals surface area contributed by atoms with Crippen LogP contribution in [0.1, 0.15) is 0 Å². The number of allylic oxidation sites excluding steroid dienone is 1. The molecule has 0 aliphatic carbocycles. The van der Waals surface area contributed by atoms with Crippen LogP contribution in [0.15, 0.2) is 12.3 Å². The number of carbonyl (C=O) groups excluding carboxylic acids is 2. The number of aldehydes is 1. The third kappa shape index (κ3) is 2.69. The van der Waals surface area contributed by atoms with Gasteiger partial charge in [0.05, 0.1) is 5.70 Å². The van der Waals surface area contributed by atoms with E-state index in [0.717, 1.165) is 0 Å². The van der Waals surface area contributed by atoms with Crippen LogP contribution in [0.5, 0.6) is 0 Å². The van der Waals surface area contributed by atoms with Crippen molar-refractivity contribution < 1.29 is 9.59 Å². The van der Waals surface area contributed by atoms with E-state index in [1.807, 2.05) is 0 Å². The van der Waals surface area contributed by atoms with Crippen molar-refractivity contribution in [3.63, 3.8) is 0 Å². The monoisotopic (exact) mass is 99.0 g/mol. The van der Waals surface area contributed by atoms with Gasteiger partial charge in [-0.25, -0.2) is 0 Å². The normalized spacial score (nSPS) is 6.86. The summed E-state index contributed by atoms with van der Waals surface area (Å²) in [6.07, 6.45) is 0.866. The molecule has 0 aliphatic heterocycles. The van der Waals surface area contributed by atoms with E-state index in [1.165, 1.54) is 0 Å². The van der Waals surface area contributed by atoms with Crippen LogP contribution >= 0.6 is 0 Å². The van der Waals surface area contributed by atoms with Crippen LogP contribution in [-0.2, 0) is 9.59 Å². The zero-order valence-corrected chi connectivity index (χ0v) is 3.68. The molecule has 0 unspecified atom stereocenters. The van der Waals surface area contributed by atoms with E-state index in [9.17, 15) is 9.59 Å². The fourth-order valence-corrected chi connectivity index (χ4v) is 0.110. The lowest BCUT2D eigenvalue weighted by Crippen LogP contribution is -2.08. The molecule has 0 aromatic heterocycles. The summed E-state index contributed by atoms with van der Waals surface area (Å²) in [6.45, 7) is 3.15. The summed E-state index contributed by atoms with van der Waals surface area (Å²) >= 11 is 0. The van der Waals surface area contributed by atoms with E-state index in [-0.39, 0.29) is 5.70 Å². The van der Waals surface area contributed by atoms with Gasteiger partial charge < -0.3 is 5.32 Å². The zero-order valence-electron chi connectivity index (χ0n) is 3.68. The van der Waals surface area contributed by atoms with Gasteiger partial charge in [-0.05, 0) is 0 Å². The van der Waals surface area contributed by atoms with Crippen LogP contribution in [0.3, 0.4) is 0 Å². The van der Waals surface area contributed by atoms with Crippen molar-refractivity contribution in [1.29, 1.82) is 0 Å². The molecule has 0 fully saturated rings. The minimum absolute atomic E-state index is 0.0787. The van der Waals surface area contributed by atoms with Gasteiger partial charge in [-0.1, -0.05) is 6.58 Å². The Bertz CT molecular complexity index is 97.9. The Morgan fingerprint density at radius 3 is 2.29 bits per heavy atom. The lowest BCUT2D eigenvalue weighted by Gasteiger charge is -1.85. The first-order chi connectivity index (χ1) is 3.31. The maximum atomic E-state index is 9.57.